The molecule has 0 heterocycles. The van der Waals surface area contributed by atoms with Crippen molar-refractivity contribution in [2.24, 2.45) is 5.92 Å². The van der Waals surface area contributed by atoms with Gasteiger partial charge in [-0.05, 0) is 20.3 Å². The molecule has 0 aromatic rings. The maximum atomic E-state index is 11.1. The first-order chi connectivity index (χ1) is 6.13. The lowest BCUT2D eigenvalue weighted by Crippen LogP contribution is -2.25. The monoisotopic (exact) mass is 186 g/mol. The standard InChI is InChI=1S/C9H14O4/c1-3-5-6-7(8(10)11)9(12)13-4-2/h3,5,7H,4,6H2,1-2H3,(H,10,11). The third-order valence-electron chi connectivity index (χ3n) is 1.48. The van der Waals surface area contributed by atoms with Gasteiger partial charge in [-0.3, -0.25) is 9.59 Å². The molecule has 1 unspecified atom stereocenters. The largest absolute Gasteiger partial charge is 0.481 e. The van der Waals surface area contributed by atoms with Crippen LogP contribution in [0.25, 0.3) is 0 Å². The zero-order valence-electron chi connectivity index (χ0n) is 7.82. The summed E-state index contributed by atoms with van der Waals surface area (Å²) in [5, 5.41) is 8.66. The number of carboxylic acids is 1. The van der Waals surface area contributed by atoms with E-state index in [4.69, 9.17) is 5.11 Å². The average molecular weight is 186 g/mol. The summed E-state index contributed by atoms with van der Waals surface area (Å²) >= 11 is 0. The van der Waals surface area contributed by atoms with Gasteiger partial charge in [0.2, 0.25) is 0 Å². The van der Waals surface area contributed by atoms with Crippen LogP contribution in [0.15, 0.2) is 12.2 Å². The molecule has 0 radical (unpaired) electrons. The van der Waals surface area contributed by atoms with Crippen molar-refractivity contribution in [2.75, 3.05) is 6.61 Å². The Balaban J connectivity index is 4.23. The van der Waals surface area contributed by atoms with E-state index in [0.29, 0.717) is 0 Å². The van der Waals surface area contributed by atoms with Crippen molar-refractivity contribution in [1.29, 1.82) is 0 Å². The van der Waals surface area contributed by atoms with Crippen molar-refractivity contribution in [3.63, 3.8) is 0 Å². The molecule has 0 aliphatic rings. The number of carboxylic acid groups (broad SMARTS) is 1. The summed E-state index contributed by atoms with van der Waals surface area (Å²) in [5.41, 5.74) is 0. The molecule has 4 heteroatoms. The highest BCUT2D eigenvalue weighted by Gasteiger charge is 2.25. The van der Waals surface area contributed by atoms with Gasteiger partial charge >= 0.3 is 11.9 Å². The lowest BCUT2D eigenvalue weighted by atomic mass is 10.1. The van der Waals surface area contributed by atoms with Gasteiger partial charge in [-0.1, -0.05) is 12.2 Å². The van der Waals surface area contributed by atoms with Gasteiger partial charge in [-0.15, -0.1) is 0 Å². The molecule has 13 heavy (non-hydrogen) atoms. The van der Waals surface area contributed by atoms with Gasteiger partial charge in [-0.25, -0.2) is 0 Å². The van der Waals surface area contributed by atoms with E-state index in [9.17, 15) is 9.59 Å². The number of ether oxygens (including phenoxy) is 1. The van der Waals surface area contributed by atoms with Crippen LogP contribution in [0.4, 0.5) is 0 Å². The predicted molar refractivity (Wildman–Crippen MR) is 47.2 cm³/mol. The third-order valence-corrected chi connectivity index (χ3v) is 1.48. The van der Waals surface area contributed by atoms with E-state index >= 15 is 0 Å². The zero-order chi connectivity index (χ0) is 10.3. The second kappa shape index (κ2) is 6.22. The number of carbonyl (C=O) groups excluding carboxylic acids is 1. The molecule has 1 atom stereocenters. The lowest BCUT2D eigenvalue weighted by molar-refractivity contribution is -0.158. The molecule has 0 spiro atoms. The Bertz CT molecular complexity index is 208. The molecular formula is C9H14O4. The quantitative estimate of drug-likeness (QED) is 0.398. The van der Waals surface area contributed by atoms with Crippen LogP contribution in [-0.4, -0.2) is 23.7 Å². The minimum absolute atomic E-state index is 0.185. The van der Waals surface area contributed by atoms with E-state index < -0.39 is 17.9 Å². The van der Waals surface area contributed by atoms with Crippen LogP contribution >= 0.6 is 0 Å². The highest BCUT2D eigenvalue weighted by atomic mass is 16.5. The van der Waals surface area contributed by atoms with Gasteiger partial charge in [0.15, 0.2) is 5.92 Å². The summed E-state index contributed by atoms with van der Waals surface area (Å²) in [5.74, 6) is -2.89. The number of rotatable bonds is 5. The van der Waals surface area contributed by atoms with E-state index in [0.717, 1.165) is 0 Å². The number of aliphatic carboxylic acids is 1. The highest BCUT2D eigenvalue weighted by Crippen LogP contribution is 2.07. The second-order valence-corrected chi connectivity index (χ2v) is 2.45. The summed E-state index contributed by atoms with van der Waals surface area (Å²) in [6.45, 7) is 3.62. The number of esters is 1. The first-order valence-corrected chi connectivity index (χ1v) is 4.14. The molecule has 4 nitrogen and oxygen atoms in total. The summed E-state index contributed by atoms with van der Waals surface area (Å²) in [4.78, 5) is 21.6. The molecule has 0 saturated heterocycles. The summed E-state index contributed by atoms with van der Waals surface area (Å²) in [7, 11) is 0. The van der Waals surface area contributed by atoms with Crippen LogP contribution in [0.1, 0.15) is 20.3 Å². The Morgan fingerprint density at radius 2 is 2.15 bits per heavy atom. The number of carbonyl (C=O) groups is 2. The number of allylic oxidation sites excluding steroid dienone is 2. The van der Waals surface area contributed by atoms with E-state index in [1.54, 1.807) is 26.0 Å². The van der Waals surface area contributed by atoms with Crippen molar-refractivity contribution in [3.05, 3.63) is 12.2 Å². The second-order valence-electron chi connectivity index (χ2n) is 2.45. The fourth-order valence-electron chi connectivity index (χ4n) is 0.813. The molecule has 0 saturated carbocycles. The molecule has 0 aromatic carbocycles. The van der Waals surface area contributed by atoms with Crippen LogP contribution in [0.3, 0.4) is 0 Å². The normalized spacial score (nSPS) is 12.8. The Hall–Kier alpha value is -1.32. The Morgan fingerprint density at radius 1 is 1.54 bits per heavy atom. The van der Waals surface area contributed by atoms with Crippen LogP contribution < -0.4 is 0 Å². The predicted octanol–water partition coefficient (Wildman–Crippen LogP) is 1.22. The molecule has 0 aliphatic heterocycles. The molecule has 0 bridgehead atoms. The molecular weight excluding hydrogens is 172 g/mol. The van der Waals surface area contributed by atoms with Gasteiger partial charge in [0, 0.05) is 0 Å². The summed E-state index contributed by atoms with van der Waals surface area (Å²) in [6.07, 6.45) is 3.52. The first kappa shape index (κ1) is 11.7. The van der Waals surface area contributed by atoms with Gasteiger partial charge in [-0.2, -0.15) is 0 Å². The molecule has 74 valence electrons. The highest BCUT2D eigenvalue weighted by molar-refractivity contribution is 5.94. The fraction of sp³-hybridized carbons (Fsp3) is 0.556. The van der Waals surface area contributed by atoms with Crippen molar-refractivity contribution in [3.8, 4) is 0 Å². The zero-order valence-corrected chi connectivity index (χ0v) is 7.82. The maximum absolute atomic E-state index is 11.1. The van der Waals surface area contributed by atoms with E-state index in [1.807, 2.05) is 0 Å². The minimum atomic E-state index is -1.14. The number of hydrogen-bond donors (Lipinski definition) is 1. The molecule has 1 N–H and O–H groups in total. The first-order valence-electron chi connectivity index (χ1n) is 4.14. The Morgan fingerprint density at radius 3 is 2.54 bits per heavy atom. The Labute approximate surface area is 77.2 Å². The maximum Gasteiger partial charge on any atom is 0.320 e. The molecule has 0 aromatic heterocycles. The third kappa shape index (κ3) is 4.30. The molecule has 0 rings (SSSR count). The van der Waals surface area contributed by atoms with Crippen LogP contribution in [0.2, 0.25) is 0 Å². The van der Waals surface area contributed by atoms with Crippen molar-refractivity contribution in [1.82, 2.24) is 0 Å². The van der Waals surface area contributed by atoms with E-state index in [2.05, 4.69) is 4.74 Å². The van der Waals surface area contributed by atoms with Crippen molar-refractivity contribution in [2.45, 2.75) is 20.3 Å². The van der Waals surface area contributed by atoms with Gasteiger partial charge < -0.3 is 9.84 Å². The summed E-state index contributed by atoms with van der Waals surface area (Å²) < 4.78 is 4.61. The molecule has 0 fully saturated rings. The lowest BCUT2D eigenvalue weighted by Gasteiger charge is -2.08. The molecule has 0 amide bonds. The fourth-order valence-corrected chi connectivity index (χ4v) is 0.813. The van der Waals surface area contributed by atoms with Gasteiger partial charge in [0.25, 0.3) is 0 Å². The minimum Gasteiger partial charge on any atom is -0.481 e. The van der Waals surface area contributed by atoms with Crippen LogP contribution in [-0.2, 0) is 14.3 Å². The van der Waals surface area contributed by atoms with Crippen LogP contribution in [0.5, 0.6) is 0 Å². The molecule has 0 aliphatic carbocycles. The van der Waals surface area contributed by atoms with E-state index in [1.165, 1.54) is 0 Å². The van der Waals surface area contributed by atoms with Crippen LogP contribution in [0, 0.1) is 5.92 Å². The smallest absolute Gasteiger partial charge is 0.320 e. The van der Waals surface area contributed by atoms with Gasteiger partial charge in [0.05, 0.1) is 6.61 Å². The van der Waals surface area contributed by atoms with Gasteiger partial charge in [0.1, 0.15) is 0 Å². The SMILES string of the molecule is CC=CCC(C(=O)O)C(=O)OCC. The van der Waals surface area contributed by atoms with E-state index in [-0.39, 0.29) is 13.0 Å². The van der Waals surface area contributed by atoms with Crippen molar-refractivity contribution >= 4 is 11.9 Å². The average Bonchev–Trinajstić information content (AvgIpc) is 2.05. The number of hydrogen-bond acceptors (Lipinski definition) is 3. The summed E-state index contributed by atoms with van der Waals surface area (Å²) in [6, 6.07) is 0. The van der Waals surface area contributed by atoms with Crippen molar-refractivity contribution < 1.29 is 19.4 Å². The topological polar surface area (TPSA) is 63.6 Å². The Kier molecular flexibility index (Phi) is 5.59.